The first-order chi connectivity index (χ1) is 16.2. The van der Waals surface area contributed by atoms with Gasteiger partial charge in [0, 0.05) is 28.2 Å². The van der Waals surface area contributed by atoms with Gasteiger partial charge >= 0.3 is 0 Å². The Morgan fingerprint density at radius 1 is 1.03 bits per heavy atom. The number of benzene rings is 2. The predicted molar refractivity (Wildman–Crippen MR) is 138 cm³/mol. The molecule has 35 heavy (non-hydrogen) atoms. The topological polar surface area (TPSA) is 104 Å². The lowest BCUT2D eigenvalue weighted by molar-refractivity contribution is -0.139. The largest absolute Gasteiger partial charge is 0.352 e. The van der Waals surface area contributed by atoms with E-state index in [9.17, 15) is 22.8 Å². The lowest BCUT2D eigenvalue weighted by Crippen LogP contribution is -2.52. The zero-order valence-corrected chi connectivity index (χ0v) is 22.5. The summed E-state index contributed by atoms with van der Waals surface area (Å²) in [6.07, 6.45) is 0.968. The number of ketones is 1. The van der Waals surface area contributed by atoms with Crippen LogP contribution in [-0.4, -0.2) is 55.8 Å². The van der Waals surface area contributed by atoms with E-state index < -0.39 is 34.4 Å². The van der Waals surface area contributed by atoms with E-state index in [2.05, 4.69) is 5.32 Å². The van der Waals surface area contributed by atoms with Crippen LogP contribution in [0.25, 0.3) is 0 Å². The highest BCUT2D eigenvalue weighted by molar-refractivity contribution is 7.92. The molecular weight excluding hydrogens is 513 g/mol. The molecule has 0 saturated carbocycles. The van der Waals surface area contributed by atoms with E-state index in [-0.39, 0.29) is 24.1 Å². The molecule has 1 unspecified atom stereocenters. The Kier molecular flexibility index (Phi) is 9.71. The molecular formula is C24H29Cl2N3O5S. The smallest absolute Gasteiger partial charge is 0.244 e. The molecule has 1 N–H and O–H groups in total. The number of sulfonamides is 1. The molecule has 1 atom stereocenters. The molecule has 0 radical (unpaired) electrons. The standard InChI is InChI=1S/C24H29Cl2N3O5S/c1-15(2)27-24(32)16(3)28(13-19-9-10-20(25)12-22(19)26)23(31)14-29(35(5,33)34)21-8-6-7-18(11-21)17(4)30/h6-12,15-16H,13-14H2,1-5H3,(H,27,32). The predicted octanol–water partition coefficient (Wildman–Crippen LogP) is 3.90. The van der Waals surface area contributed by atoms with Gasteiger partial charge in [0.2, 0.25) is 21.8 Å². The molecule has 0 aromatic heterocycles. The molecule has 2 aromatic carbocycles. The summed E-state index contributed by atoms with van der Waals surface area (Å²) >= 11 is 12.3. The van der Waals surface area contributed by atoms with Gasteiger partial charge in [0.15, 0.2) is 5.78 Å². The van der Waals surface area contributed by atoms with Gasteiger partial charge in [0.05, 0.1) is 11.9 Å². The average molecular weight is 542 g/mol. The van der Waals surface area contributed by atoms with E-state index in [4.69, 9.17) is 23.2 Å². The molecule has 0 aliphatic carbocycles. The highest BCUT2D eigenvalue weighted by Crippen LogP contribution is 2.24. The van der Waals surface area contributed by atoms with Crippen LogP contribution in [-0.2, 0) is 26.2 Å². The fraction of sp³-hybridized carbons (Fsp3) is 0.375. The van der Waals surface area contributed by atoms with E-state index in [0.717, 1.165) is 10.6 Å². The van der Waals surface area contributed by atoms with Crippen LogP contribution in [0, 0.1) is 0 Å². The van der Waals surface area contributed by atoms with Crippen LogP contribution in [0.3, 0.4) is 0 Å². The van der Waals surface area contributed by atoms with Gasteiger partial charge in [-0.1, -0.05) is 41.4 Å². The molecule has 0 aliphatic rings. The number of halogens is 2. The van der Waals surface area contributed by atoms with Crippen molar-refractivity contribution in [2.24, 2.45) is 0 Å². The highest BCUT2D eigenvalue weighted by atomic mass is 35.5. The zero-order valence-electron chi connectivity index (χ0n) is 20.2. The van der Waals surface area contributed by atoms with Crippen molar-refractivity contribution in [3.05, 3.63) is 63.6 Å². The minimum absolute atomic E-state index is 0.0490. The van der Waals surface area contributed by atoms with Crippen molar-refractivity contribution >= 4 is 56.5 Å². The second-order valence-electron chi connectivity index (χ2n) is 8.47. The molecule has 2 rings (SSSR count). The number of nitrogens with zero attached hydrogens (tertiary/aromatic N) is 2. The summed E-state index contributed by atoms with van der Waals surface area (Å²) in [6, 6.07) is 9.69. The summed E-state index contributed by atoms with van der Waals surface area (Å²) in [5.74, 6) is -1.27. The number of anilines is 1. The van der Waals surface area contributed by atoms with Crippen molar-refractivity contribution in [3.63, 3.8) is 0 Å². The Labute approximate surface area is 216 Å². The lowest BCUT2D eigenvalue weighted by atomic mass is 10.1. The Hall–Kier alpha value is -2.62. The molecule has 0 aliphatic heterocycles. The molecule has 0 bridgehead atoms. The number of rotatable bonds is 10. The number of Topliss-reactive ketones (excluding diaryl/α,β-unsaturated/α-hetero) is 1. The lowest BCUT2D eigenvalue weighted by Gasteiger charge is -2.32. The normalized spacial score (nSPS) is 12.2. The second-order valence-corrected chi connectivity index (χ2v) is 11.2. The monoisotopic (exact) mass is 541 g/mol. The summed E-state index contributed by atoms with van der Waals surface area (Å²) in [6.45, 7) is 5.88. The van der Waals surface area contributed by atoms with Crippen LogP contribution in [0.2, 0.25) is 10.0 Å². The first-order valence-electron chi connectivity index (χ1n) is 10.8. The molecule has 8 nitrogen and oxygen atoms in total. The molecule has 11 heteroatoms. The third-order valence-corrected chi connectivity index (χ3v) is 6.90. The Bertz CT molecular complexity index is 1220. The molecule has 190 valence electrons. The SMILES string of the molecule is CC(=O)c1cccc(N(CC(=O)N(Cc2ccc(Cl)cc2Cl)C(C)C(=O)NC(C)C)S(C)(=O)=O)c1. The minimum atomic E-state index is -3.91. The average Bonchev–Trinajstić information content (AvgIpc) is 2.75. The van der Waals surface area contributed by atoms with Gasteiger partial charge in [-0.2, -0.15) is 0 Å². The van der Waals surface area contributed by atoms with E-state index in [1.165, 1.54) is 30.0 Å². The molecule has 0 saturated heterocycles. The quantitative estimate of drug-likeness (QED) is 0.459. The van der Waals surface area contributed by atoms with Crippen molar-refractivity contribution in [2.75, 3.05) is 17.1 Å². The first kappa shape index (κ1) is 28.6. The van der Waals surface area contributed by atoms with Gasteiger partial charge in [-0.05, 0) is 57.5 Å². The van der Waals surface area contributed by atoms with Gasteiger partial charge < -0.3 is 10.2 Å². The van der Waals surface area contributed by atoms with E-state index in [1.807, 2.05) is 0 Å². The van der Waals surface area contributed by atoms with Crippen LogP contribution in [0.4, 0.5) is 5.69 Å². The van der Waals surface area contributed by atoms with Crippen LogP contribution in [0.1, 0.15) is 43.6 Å². The Balaban J connectivity index is 2.46. The highest BCUT2D eigenvalue weighted by Gasteiger charge is 2.30. The number of hydrogen-bond donors (Lipinski definition) is 1. The van der Waals surface area contributed by atoms with Crippen LogP contribution < -0.4 is 9.62 Å². The third-order valence-electron chi connectivity index (χ3n) is 5.17. The minimum Gasteiger partial charge on any atom is -0.352 e. The van der Waals surface area contributed by atoms with Crippen LogP contribution in [0.15, 0.2) is 42.5 Å². The summed E-state index contributed by atoms with van der Waals surface area (Å²) in [4.78, 5) is 39.3. The van der Waals surface area contributed by atoms with Crippen molar-refractivity contribution in [3.8, 4) is 0 Å². The maximum absolute atomic E-state index is 13.5. The van der Waals surface area contributed by atoms with Crippen LogP contribution in [0.5, 0.6) is 0 Å². The maximum atomic E-state index is 13.5. The Morgan fingerprint density at radius 2 is 1.69 bits per heavy atom. The summed E-state index contributed by atoms with van der Waals surface area (Å²) < 4.78 is 26.2. The van der Waals surface area contributed by atoms with Crippen molar-refractivity contribution in [1.29, 1.82) is 0 Å². The Morgan fingerprint density at radius 3 is 2.23 bits per heavy atom. The summed E-state index contributed by atoms with van der Waals surface area (Å²) in [5, 5.41) is 3.49. The van der Waals surface area contributed by atoms with Crippen molar-refractivity contribution < 1.29 is 22.8 Å². The number of nitrogens with one attached hydrogen (secondary N) is 1. The van der Waals surface area contributed by atoms with Gasteiger partial charge in [-0.25, -0.2) is 8.42 Å². The first-order valence-corrected chi connectivity index (χ1v) is 13.4. The number of carbonyl (C=O) groups excluding carboxylic acids is 3. The van der Waals surface area contributed by atoms with Crippen molar-refractivity contribution in [2.45, 2.75) is 46.3 Å². The van der Waals surface area contributed by atoms with Gasteiger partial charge in [-0.3, -0.25) is 18.7 Å². The molecule has 2 amide bonds. The molecule has 0 spiro atoms. The fourth-order valence-corrected chi connectivity index (χ4v) is 4.62. The van der Waals surface area contributed by atoms with Crippen LogP contribution >= 0.6 is 23.2 Å². The second kappa shape index (κ2) is 11.9. The fourth-order valence-electron chi connectivity index (χ4n) is 3.31. The molecule has 0 fully saturated rings. The van der Waals surface area contributed by atoms with Gasteiger partial charge in [0.1, 0.15) is 12.6 Å². The number of hydrogen-bond acceptors (Lipinski definition) is 5. The summed E-state index contributed by atoms with van der Waals surface area (Å²) in [5.41, 5.74) is 1.01. The zero-order chi connectivity index (χ0) is 26.5. The van der Waals surface area contributed by atoms with Crippen molar-refractivity contribution in [1.82, 2.24) is 10.2 Å². The maximum Gasteiger partial charge on any atom is 0.244 e. The van der Waals surface area contributed by atoms with Gasteiger partial charge in [-0.15, -0.1) is 0 Å². The molecule has 0 heterocycles. The third kappa shape index (κ3) is 7.95. The van der Waals surface area contributed by atoms with E-state index >= 15 is 0 Å². The number of amides is 2. The van der Waals surface area contributed by atoms with E-state index in [1.54, 1.807) is 45.0 Å². The number of carbonyl (C=O) groups is 3. The van der Waals surface area contributed by atoms with Gasteiger partial charge in [0.25, 0.3) is 0 Å². The summed E-state index contributed by atoms with van der Waals surface area (Å²) in [7, 11) is -3.91. The molecule has 2 aromatic rings. The van der Waals surface area contributed by atoms with E-state index in [0.29, 0.717) is 21.2 Å².